The van der Waals surface area contributed by atoms with Crippen molar-refractivity contribution in [3.05, 3.63) is 89.5 Å². The fraction of sp³-hybridized carbons (Fsp3) is 0.474. The summed E-state index contributed by atoms with van der Waals surface area (Å²) in [6.45, 7) is 8.16. The monoisotopic (exact) mass is 645 g/mol. The molecular formula is C38H51N3O6. The summed E-state index contributed by atoms with van der Waals surface area (Å²) in [5.41, 5.74) is 2.94. The lowest BCUT2D eigenvalue weighted by Gasteiger charge is -2.36. The van der Waals surface area contributed by atoms with Gasteiger partial charge >= 0.3 is 0 Å². The van der Waals surface area contributed by atoms with Crippen LogP contribution in [-0.4, -0.2) is 85.4 Å². The zero-order chi connectivity index (χ0) is 33.8. The van der Waals surface area contributed by atoms with Gasteiger partial charge in [-0.05, 0) is 81.6 Å². The van der Waals surface area contributed by atoms with Crippen molar-refractivity contribution < 1.29 is 28.9 Å². The van der Waals surface area contributed by atoms with E-state index >= 15 is 0 Å². The number of aliphatic hydroxyl groups is 1. The maximum absolute atomic E-state index is 14.4. The van der Waals surface area contributed by atoms with Crippen LogP contribution in [0.25, 0.3) is 0 Å². The number of rotatable bonds is 10. The number of aliphatic hydroxyl groups excluding tert-OH is 1. The Morgan fingerprint density at radius 2 is 1.81 bits per heavy atom. The lowest BCUT2D eigenvalue weighted by atomic mass is 10.0. The van der Waals surface area contributed by atoms with Crippen LogP contribution in [0.3, 0.4) is 0 Å². The van der Waals surface area contributed by atoms with Crippen molar-refractivity contribution in [1.29, 1.82) is 0 Å². The first-order valence-electron chi connectivity index (χ1n) is 16.7. The van der Waals surface area contributed by atoms with E-state index in [0.29, 0.717) is 36.7 Å². The number of likely N-dealkylation sites (N-methyl/N-ethyl adjacent to an activating group) is 1. The first-order chi connectivity index (χ1) is 22.7. The molecule has 9 nitrogen and oxygen atoms in total. The number of ether oxygens (including phenoxy) is 3. The van der Waals surface area contributed by atoms with Gasteiger partial charge in [0.05, 0.1) is 44.0 Å². The van der Waals surface area contributed by atoms with E-state index in [1.807, 2.05) is 56.3 Å². The number of hydrogen-bond acceptors (Lipinski definition) is 7. The summed E-state index contributed by atoms with van der Waals surface area (Å²) in [7, 11) is 3.74. The Balaban J connectivity index is 1.57. The molecule has 0 bridgehead atoms. The molecule has 1 heterocycles. The number of nitrogens with one attached hydrogen (secondary N) is 1. The zero-order valence-electron chi connectivity index (χ0n) is 28.5. The zero-order valence-corrected chi connectivity index (χ0v) is 28.5. The van der Waals surface area contributed by atoms with E-state index in [2.05, 4.69) is 36.3 Å². The first kappa shape index (κ1) is 35.9. The first-order valence-corrected chi connectivity index (χ1v) is 16.7. The van der Waals surface area contributed by atoms with Gasteiger partial charge in [0.2, 0.25) is 5.91 Å². The number of carbonyl (C=O) groups excluding carboxylic acids is 2. The van der Waals surface area contributed by atoms with Crippen molar-refractivity contribution in [2.45, 2.75) is 71.2 Å². The minimum Gasteiger partial charge on any atom is -0.497 e. The third kappa shape index (κ3) is 10.8. The van der Waals surface area contributed by atoms with Gasteiger partial charge in [0.1, 0.15) is 11.5 Å². The fourth-order valence-corrected chi connectivity index (χ4v) is 5.86. The topological polar surface area (TPSA) is 101 Å². The average Bonchev–Trinajstić information content (AvgIpc) is 3.06. The maximum atomic E-state index is 14.4. The van der Waals surface area contributed by atoms with Crippen molar-refractivity contribution in [2.24, 2.45) is 5.92 Å². The van der Waals surface area contributed by atoms with E-state index in [1.165, 1.54) is 5.56 Å². The van der Waals surface area contributed by atoms with Crippen LogP contribution in [0.2, 0.25) is 0 Å². The van der Waals surface area contributed by atoms with Gasteiger partial charge in [0.15, 0.2) is 0 Å². The molecule has 1 aliphatic rings. The summed E-state index contributed by atoms with van der Waals surface area (Å²) in [6, 6.07) is 22.4. The van der Waals surface area contributed by atoms with E-state index in [0.717, 1.165) is 37.1 Å². The Hall–Kier alpha value is -3.92. The Morgan fingerprint density at radius 1 is 1.06 bits per heavy atom. The van der Waals surface area contributed by atoms with Crippen LogP contribution >= 0.6 is 0 Å². The molecule has 0 aliphatic carbocycles. The van der Waals surface area contributed by atoms with E-state index in [1.54, 1.807) is 30.2 Å². The lowest BCUT2D eigenvalue weighted by molar-refractivity contribution is -0.115. The molecule has 2 N–H and O–H groups in total. The van der Waals surface area contributed by atoms with Gasteiger partial charge in [-0.3, -0.25) is 14.5 Å². The summed E-state index contributed by atoms with van der Waals surface area (Å²) in [4.78, 5) is 31.2. The van der Waals surface area contributed by atoms with Crippen LogP contribution < -0.4 is 14.8 Å². The molecule has 0 fully saturated rings. The number of nitrogens with zero attached hydrogens (tertiary/aromatic N) is 2. The third-order valence-electron chi connectivity index (χ3n) is 8.65. The molecule has 4 atom stereocenters. The predicted octanol–water partition coefficient (Wildman–Crippen LogP) is 5.80. The van der Waals surface area contributed by atoms with Crippen molar-refractivity contribution in [1.82, 2.24) is 9.80 Å². The van der Waals surface area contributed by atoms with Crippen LogP contribution in [0.15, 0.2) is 72.8 Å². The van der Waals surface area contributed by atoms with Gasteiger partial charge in [0.25, 0.3) is 5.91 Å². The molecule has 3 aromatic carbocycles. The molecule has 0 spiro atoms. The molecule has 0 saturated heterocycles. The number of amides is 2. The number of fused-ring (bicyclic) bond motifs is 1. The molecule has 0 unspecified atom stereocenters. The molecule has 9 heteroatoms. The van der Waals surface area contributed by atoms with Crippen LogP contribution in [0.4, 0.5) is 5.69 Å². The highest BCUT2D eigenvalue weighted by Gasteiger charge is 2.30. The second-order valence-corrected chi connectivity index (χ2v) is 12.8. The maximum Gasteiger partial charge on any atom is 0.258 e. The highest BCUT2D eigenvalue weighted by atomic mass is 16.5. The van der Waals surface area contributed by atoms with Crippen molar-refractivity contribution in [3.63, 3.8) is 0 Å². The molecule has 47 heavy (non-hydrogen) atoms. The minimum atomic E-state index is -0.447. The van der Waals surface area contributed by atoms with Crippen LogP contribution in [-0.2, 0) is 22.5 Å². The van der Waals surface area contributed by atoms with Gasteiger partial charge in [-0.1, -0.05) is 49.4 Å². The molecule has 254 valence electrons. The van der Waals surface area contributed by atoms with E-state index in [4.69, 9.17) is 14.2 Å². The molecule has 3 aromatic rings. The standard InChI is InChI=1S/C38H51N3O6/c1-27-23-41(28(2)26-42)38(44)34-22-32(39-37(43)21-30-12-7-6-8-13-30)16-19-35(34)47-29(3)11-9-10-20-46-36(27)25-40(4)24-31-14-17-33(45-5)18-15-31/h6-8,12-19,22,27-29,36,42H,9-11,20-21,23-26H2,1-5H3,(H,39,43)/t27-,28+,29-,36+/m0/s1. The van der Waals surface area contributed by atoms with Gasteiger partial charge in [-0.25, -0.2) is 0 Å². The molecular weight excluding hydrogens is 594 g/mol. The summed E-state index contributed by atoms with van der Waals surface area (Å²) in [6.07, 6.45) is 2.58. The Bertz CT molecular complexity index is 1420. The quantitative estimate of drug-likeness (QED) is 0.287. The highest BCUT2D eigenvalue weighted by Crippen LogP contribution is 2.29. The van der Waals surface area contributed by atoms with Crippen LogP contribution in [0.1, 0.15) is 61.5 Å². The van der Waals surface area contributed by atoms with E-state index in [9.17, 15) is 14.7 Å². The Labute approximate surface area is 279 Å². The third-order valence-corrected chi connectivity index (χ3v) is 8.65. The SMILES string of the molecule is COc1ccc(CN(C)C[C@H]2OCCCC[C@H](C)Oc3ccc(NC(=O)Cc4ccccc4)cc3C(=O)N([C@H](C)CO)C[C@@H]2C)cc1. The largest absolute Gasteiger partial charge is 0.497 e. The van der Waals surface area contributed by atoms with Crippen molar-refractivity contribution in [3.8, 4) is 11.5 Å². The molecule has 0 saturated carbocycles. The van der Waals surface area contributed by atoms with Crippen LogP contribution in [0, 0.1) is 5.92 Å². The van der Waals surface area contributed by atoms with Crippen LogP contribution in [0.5, 0.6) is 11.5 Å². The number of carbonyl (C=O) groups is 2. The van der Waals surface area contributed by atoms with Gasteiger partial charge in [-0.15, -0.1) is 0 Å². The number of hydrogen-bond donors (Lipinski definition) is 2. The lowest BCUT2D eigenvalue weighted by Crippen LogP contribution is -2.47. The molecule has 0 radical (unpaired) electrons. The van der Waals surface area contributed by atoms with E-state index < -0.39 is 6.04 Å². The predicted molar refractivity (Wildman–Crippen MR) is 185 cm³/mol. The van der Waals surface area contributed by atoms with Gasteiger partial charge in [-0.2, -0.15) is 0 Å². The van der Waals surface area contributed by atoms with Crippen molar-refractivity contribution in [2.75, 3.05) is 45.8 Å². The van der Waals surface area contributed by atoms with E-state index in [-0.39, 0.29) is 43.0 Å². The second kappa shape index (κ2) is 17.8. The average molecular weight is 646 g/mol. The summed E-state index contributed by atoms with van der Waals surface area (Å²) < 4.78 is 18.1. The normalized spacial score (nSPS) is 20.1. The number of benzene rings is 3. The highest BCUT2D eigenvalue weighted by molar-refractivity contribution is 6.00. The molecule has 0 aromatic heterocycles. The second-order valence-electron chi connectivity index (χ2n) is 12.8. The molecule has 1 aliphatic heterocycles. The summed E-state index contributed by atoms with van der Waals surface area (Å²) >= 11 is 0. The summed E-state index contributed by atoms with van der Waals surface area (Å²) in [5.74, 6) is 0.820. The summed E-state index contributed by atoms with van der Waals surface area (Å²) in [5, 5.41) is 13.2. The van der Waals surface area contributed by atoms with Gasteiger partial charge < -0.3 is 29.5 Å². The Morgan fingerprint density at radius 3 is 2.51 bits per heavy atom. The Kier molecular flexibility index (Phi) is 13.6. The van der Waals surface area contributed by atoms with Crippen molar-refractivity contribution >= 4 is 17.5 Å². The smallest absolute Gasteiger partial charge is 0.258 e. The number of methoxy groups -OCH3 is 1. The number of anilines is 1. The fourth-order valence-electron chi connectivity index (χ4n) is 5.86. The minimum absolute atomic E-state index is 0.0359. The molecule has 4 rings (SSSR count). The molecule has 2 amide bonds. The van der Waals surface area contributed by atoms with Gasteiger partial charge in [0, 0.05) is 37.8 Å².